The average molecular weight is 464 g/mol. The van der Waals surface area contributed by atoms with Crippen LogP contribution in [0.2, 0.25) is 0 Å². The molecule has 3 heterocycles. The van der Waals surface area contributed by atoms with E-state index in [4.69, 9.17) is 4.74 Å². The highest BCUT2D eigenvalue weighted by Gasteiger charge is 2.36. The lowest BCUT2D eigenvalue weighted by Gasteiger charge is -2.33. The lowest BCUT2D eigenvalue weighted by Crippen LogP contribution is -2.39. The molecule has 2 aromatic heterocycles. The highest BCUT2D eigenvalue weighted by molar-refractivity contribution is 7.15. The zero-order valence-electron chi connectivity index (χ0n) is 19.3. The van der Waals surface area contributed by atoms with Crippen LogP contribution in [0.15, 0.2) is 42.6 Å². The molecule has 7 heteroatoms. The molecule has 0 spiro atoms. The van der Waals surface area contributed by atoms with E-state index in [0.29, 0.717) is 17.8 Å². The number of anilines is 1. The van der Waals surface area contributed by atoms with Gasteiger partial charge in [-0.05, 0) is 67.5 Å². The third-order valence-corrected chi connectivity index (χ3v) is 7.99. The maximum atomic E-state index is 13.7. The molecule has 1 aliphatic heterocycles. The van der Waals surface area contributed by atoms with Crippen LogP contribution >= 0.6 is 11.3 Å². The molecular formula is C26H29N3O3S. The Morgan fingerprint density at radius 2 is 1.94 bits per heavy atom. The van der Waals surface area contributed by atoms with E-state index in [-0.39, 0.29) is 18.0 Å². The Morgan fingerprint density at radius 1 is 1.12 bits per heavy atom. The number of urea groups is 1. The first-order chi connectivity index (χ1) is 16.0. The van der Waals surface area contributed by atoms with Crippen molar-refractivity contribution in [3.05, 3.63) is 69.9 Å². The Balaban J connectivity index is 1.54. The second-order valence-corrected chi connectivity index (χ2v) is 10.2. The zero-order valence-corrected chi connectivity index (χ0v) is 20.1. The predicted molar refractivity (Wildman–Crippen MR) is 130 cm³/mol. The number of aromatic nitrogens is 1. The van der Waals surface area contributed by atoms with Crippen molar-refractivity contribution in [2.75, 3.05) is 12.4 Å². The molecule has 3 aromatic rings. The van der Waals surface area contributed by atoms with E-state index in [1.165, 1.54) is 41.0 Å². The van der Waals surface area contributed by atoms with E-state index in [0.717, 1.165) is 18.5 Å². The number of esters is 1. The number of amides is 2. The van der Waals surface area contributed by atoms with E-state index in [9.17, 15) is 9.59 Å². The summed E-state index contributed by atoms with van der Waals surface area (Å²) in [6.45, 7) is 4.90. The third-order valence-electron chi connectivity index (χ3n) is 6.65. The Labute approximate surface area is 198 Å². The number of hydrogen-bond acceptors (Lipinski definition) is 4. The second kappa shape index (κ2) is 8.71. The number of benzene rings is 1. The van der Waals surface area contributed by atoms with Crippen molar-refractivity contribution in [1.82, 2.24) is 9.47 Å². The van der Waals surface area contributed by atoms with E-state index in [2.05, 4.69) is 42.1 Å². The van der Waals surface area contributed by atoms with Gasteiger partial charge in [-0.15, -0.1) is 11.3 Å². The van der Waals surface area contributed by atoms with Gasteiger partial charge in [-0.2, -0.15) is 0 Å². The van der Waals surface area contributed by atoms with Crippen LogP contribution in [0, 0.1) is 5.92 Å². The summed E-state index contributed by atoms with van der Waals surface area (Å²) in [5, 5.41) is 4.30. The van der Waals surface area contributed by atoms with E-state index in [1.54, 1.807) is 24.3 Å². The quantitative estimate of drug-likeness (QED) is 0.488. The number of methoxy groups -OCH3 is 1. The fraction of sp³-hybridized carbons (Fsp3) is 0.385. The summed E-state index contributed by atoms with van der Waals surface area (Å²) in [6.07, 6.45) is 6.78. The van der Waals surface area contributed by atoms with Crippen LogP contribution < -0.4 is 5.32 Å². The largest absolute Gasteiger partial charge is 0.465 e. The van der Waals surface area contributed by atoms with Gasteiger partial charge in [0.1, 0.15) is 5.00 Å². The van der Waals surface area contributed by atoms with Crippen molar-refractivity contribution in [2.45, 2.75) is 52.1 Å². The van der Waals surface area contributed by atoms with Gasteiger partial charge in [-0.3, -0.25) is 0 Å². The summed E-state index contributed by atoms with van der Waals surface area (Å²) in [4.78, 5) is 29.1. The van der Waals surface area contributed by atoms with Crippen LogP contribution in [0.4, 0.5) is 10.5 Å². The number of nitrogens with zero attached hydrogens (tertiary/aromatic N) is 2. The summed E-state index contributed by atoms with van der Waals surface area (Å²) < 4.78 is 7.13. The predicted octanol–water partition coefficient (Wildman–Crippen LogP) is 5.95. The maximum absolute atomic E-state index is 13.7. The van der Waals surface area contributed by atoms with Crippen LogP contribution in [0.1, 0.15) is 64.8 Å². The molecule has 0 radical (unpaired) electrons. The van der Waals surface area contributed by atoms with Gasteiger partial charge >= 0.3 is 12.0 Å². The summed E-state index contributed by atoms with van der Waals surface area (Å²) in [6, 6.07) is 10.9. The molecule has 2 aliphatic rings. The van der Waals surface area contributed by atoms with Gasteiger partial charge in [0.2, 0.25) is 0 Å². The molecule has 2 amide bonds. The number of nitrogens with one attached hydrogen (secondary N) is 1. The van der Waals surface area contributed by atoms with Gasteiger partial charge in [0.25, 0.3) is 0 Å². The number of carbonyl (C=O) groups excluding carboxylic acids is 2. The first kappa shape index (κ1) is 21.8. The Bertz CT molecular complexity index is 1210. The number of thiophene rings is 1. The Hall–Kier alpha value is -3.06. The van der Waals surface area contributed by atoms with Crippen molar-refractivity contribution in [3.8, 4) is 5.00 Å². The van der Waals surface area contributed by atoms with Gasteiger partial charge in [-0.1, -0.05) is 19.9 Å². The topological polar surface area (TPSA) is 63.6 Å². The molecule has 33 heavy (non-hydrogen) atoms. The van der Waals surface area contributed by atoms with E-state index in [1.807, 2.05) is 16.2 Å². The van der Waals surface area contributed by atoms with E-state index >= 15 is 0 Å². The first-order valence-corrected chi connectivity index (χ1v) is 12.4. The molecule has 172 valence electrons. The lowest BCUT2D eigenvalue weighted by atomic mass is 9.94. The summed E-state index contributed by atoms with van der Waals surface area (Å²) in [5.74, 6) is -0.191. The third kappa shape index (κ3) is 3.84. The number of rotatable bonds is 3. The second-order valence-electron chi connectivity index (χ2n) is 9.12. The summed E-state index contributed by atoms with van der Waals surface area (Å²) in [5.41, 5.74) is 4.86. The standard InChI is InChI=1S/C26H29N3O3S/c1-16(2)23-21-11-7-13-28(21)24-20(19-10-4-5-12-22(19)33-24)15-29(23)26(31)27-18-9-6-8-17(14-18)25(30)32-3/h6-9,11,13-14,16,23H,4-5,10,12,15H2,1-3H3,(H,27,31)/t23-/m0/s1. The van der Waals surface area contributed by atoms with Crippen molar-refractivity contribution in [1.29, 1.82) is 0 Å². The van der Waals surface area contributed by atoms with Crippen LogP contribution in [0.3, 0.4) is 0 Å². The van der Waals surface area contributed by atoms with Gasteiger partial charge < -0.3 is 19.5 Å². The van der Waals surface area contributed by atoms with Crippen molar-refractivity contribution in [2.24, 2.45) is 5.92 Å². The van der Waals surface area contributed by atoms with Crippen molar-refractivity contribution >= 4 is 29.0 Å². The molecule has 1 atom stereocenters. The van der Waals surface area contributed by atoms with Gasteiger partial charge in [0, 0.05) is 28.0 Å². The molecular weight excluding hydrogens is 434 g/mol. The van der Waals surface area contributed by atoms with Crippen molar-refractivity contribution < 1.29 is 14.3 Å². The van der Waals surface area contributed by atoms with Gasteiger partial charge in [0.15, 0.2) is 0 Å². The van der Waals surface area contributed by atoms with Gasteiger partial charge in [0.05, 0.1) is 25.3 Å². The van der Waals surface area contributed by atoms with Crippen LogP contribution in [0.25, 0.3) is 5.00 Å². The number of aryl methyl sites for hydroxylation is 1. The molecule has 5 rings (SSSR count). The summed E-state index contributed by atoms with van der Waals surface area (Å²) in [7, 11) is 1.35. The Kier molecular flexibility index (Phi) is 5.74. The van der Waals surface area contributed by atoms with Crippen molar-refractivity contribution in [3.63, 3.8) is 0 Å². The minimum absolute atomic E-state index is 0.0670. The van der Waals surface area contributed by atoms with E-state index < -0.39 is 5.97 Å². The lowest BCUT2D eigenvalue weighted by molar-refractivity contribution is 0.0600. The van der Waals surface area contributed by atoms with Crippen LogP contribution in [-0.2, 0) is 24.1 Å². The monoisotopic (exact) mass is 463 g/mol. The first-order valence-electron chi connectivity index (χ1n) is 11.5. The van der Waals surface area contributed by atoms with Crippen LogP contribution in [-0.4, -0.2) is 28.6 Å². The average Bonchev–Trinajstić information content (AvgIpc) is 3.40. The number of hydrogen-bond donors (Lipinski definition) is 1. The molecule has 0 fully saturated rings. The molecule has 0 saturated carbocycles. The number of carbonyl (C=O) groups is 2. The SMILES string of the molecule is COC(=O)c1cccc(NC(=O)N2Cc3c(sc4c3CCCC4)-n3cccc3[C@@H]2C(C)C)c1. The molecule has 1 aromatic carbocycles. The molecule has 0 unspecified atom stereocenters. The minimum Gasteiger partial charge on any atom is -0.465 e. The number of ether oxygens (including phenoxy) is 1. The molecule has 1 aliphatic carbocycles. The zero-order chi connectivity index (χ0) is 23.1. The smallest absolute Gasteiger partial charge is 0.337 e. The molecule has 1 N–H and O–H groups in total. The molecule has 0 bridgehead atoms. The highest BCUT2D eigenvalue weighted by Crippen LogP contribution is 2.44. The maximum Gasteiger partial charge on any atom is 0.337 e. The Morgan fingerprint density at radius 3 is 2.73 bits per heavy atom. The summed E-state index contributed by atoms with van der Waals surface area (Å²) >= 11 is 1.89. The highest BCUT2D eigenvalue weighted by atomic mass is 32.1. The number of fused-ring (bicyclic) bond motifs is 5. The van der Waals surface area contributed by atoms with Crippen LogP contribution in [0.5, 0.6) is 0 Å². The minimum atomic E-state index is -0.423. The normalized spacial score (nSPS) is 17.1. The fourth-order valence-electron chi connectivity index (χ4n) is 5.16. The van der Waals surface area contributed by atoms with Gasteiger partial charge in [-0.25, -0.2) is 9.59 Å². The molecule has 0 saturated heterocycles. The fourth-order valence-corrected chi connectivity index (χ4v) is 6.56. The molecule has 6 nitrogen and oxygen atoms in total.